The number of nitrogens with one attached hydrogen (secondary N) is 1. The van der Waals surface area contributed by atoms with E-state index in [0.29, 0.717) is 6.07 Å². The van der Waals surface area contributed by atoms with Crippen molar-refractivity contribution in [2.45, 2.75) is 13.0 Å². The van der Waals surface area contributed by atoms with E-state index in [4.69, 9.17) is 10.6 Å². The van der Waals surface area contributed by atoms with E-state index in [-0.39, 0.29) is 5.75 Å². The number of rotatable bonds is 4. The third-order valence-electron chi connectivity index (χ3n) is 1.93. The van der Waals surface area contributed by atoms with Gasteiger partial charge in [0, 0.05) is 0 Å². The number of hydrazine groups is 1. The molecule has 0 aliphatic carbocycles. The average molecular weight is 243 g/mol. The summed E-state index contributed by atoms with van der Waals surface area (Å²) in [4.78, 5) is 20.9. The van der Waals surface area contributed by atoms with Crippen LogP contribution < -0.4 is 16.0 Å². The minimum Gasteiger partial charge on any atom is -0.474 e. The molecule has 3 N–H and O–H groups in total. The summed E-state index contributed by atoms with van der Waals surface area (Å²) in [7, 11) is 0. The minimum atomic E-state index is -1.02. The molecule has 0 fully saturated rings. The highest BCUT2D eigenvalue weighted by atomic mass is 19.1. The van der Waals surface area contributed by atoms with Crippen LogP contribution in [0.25, 0.3) is 0 Å². The second kappa shape index (κ2) is 5.21. The maximum Gasteiger partial charge on any atom is 0.313 e. The fourth-order valence-corrected chi connectivity index (χ4v) is 1.09. The van der Waals surface area contributed by atoms with E-state index in [1.807, 2.05) is 5.43 Å². The maximum absolute atomic E-state index is 12.8. The first-order valence-corrected chi connectivity index (χ1v) is 4.56. The molecule has 92 valence electrons. The molecule has 1 amide bonds. The number of hydrogen-bond donors (Lipinski definition) is 2. The highest BCUT2D eigenvalue weighted by molar-refractivity contribution is 5.80. The van der Waals surface area contributed by atoms with Crippen LogP contribution in [-0.2, 0) is 4.79 Å². The normalized spacial score (nSPS) is 11.7. The molecule has 0 heterocycles. The first kappa shape index (κ1) is 12.8. The van der Waals surface area contributed by atoms with Gasteiger partial charge in [0.2, 0.25) is 0 Å². The van der Waals surface area contributed by atoms with Crippen LogP contribution in [0.15, 0.2) is 18.2 Å². The van der Waals surface area contributed by atoms with Gasteiger partial charge >= 0.3 is 5.69 Å². The molecule has 17 heavy (non-hydrogen) atoms. The van der Waals surface area contributed by atoms with E-state index in [2.05, 4.69) is 0 Å². The Labute approximate surface area is 95.5 Å². The van der Waals surface area contributed by atoms with Gasteiger partial charge in [-0.05, 0) is 19.1 Å². The Morgan fingerprint density at radius 2 is 2.29 bits per heavy atom. The van der Waals surface area contributed by atoms with Crippen molar-refractivity contribution in [1.82, 2.24) is 5.43 Å². The monoisotopic (exact) mass is 243 g/mol. The topological polar surface area (TPSA) is 107 Å². The molecule has 7 nitrogen and oxygen atoms in total. The molecule has 0 bridgehead atoms. The molecule has 0 aromatic heterocycles. The molecule has 0 radical (unpaired) electrons. The number of nitrogens with zero attached hydrogens (tertiary/aromatic N) is 1. The van der Waals surface area contributed by atoms with Gasteiger partial charge in [-0.3, -0.25) is 20.3 Å². The summed E-state index contributed by atoms with van der Waals surface area (Å²) < 4.78 is 17.8. The van der Waals surface area contributed by atoms with Gasteiger partial charge in [-0.1, -0.05) is 0 Å². The number of hydrogen-bond acceptors (Lipinski definition) is 5. The van der Waals surface area contributed by atoms with Crippen molar-refractivity contribution in [2.24, 2.45) is 5.84 Å². The molecule has 0 saturated heterocycles. The van der Waals surface area contributed by atoms with Gasteiger partial charge in [0.25, 0.3) is 5.91 Å². The molecular formula is C9H10FN3O4. The van der Waals surface area contributed by atoms with E-state index >= 15 is 0 Å². The zero-order chi connectivity index (χ0) is 13.0. The molecule has 0 saturated carbocycles. The highest BCUT2D eigenvalue weighted by Gasteiger charge is 2.21. The second-order valence-electron chi connectivity index (χ2n) is 3.14. The van der Waals surface area contributed by atoms with Gasteiger partial charge in [-0.2, -0.15) is 0 Å². The van der Waals surface area contributed by atoms with E-state index in [9.17, 15) is 19.3 Å². The summed E-state index contributed by atoms with van der Waals surface area (Å²) in [6.45, 7) is 1.36. The highest BCUT2D eigenvalue weighted by Crippen LogP contribution is 2.28. The van der Waals surface area contributed by atoms with Crippen LogP contribution in [-0.4, -0.2) is 16.9 Å². The Bertz CT molecular complexity index is 452. The van der Waals surface area contributed by atoms with Gasteiger partial charge in [-0.15, -0.1) is 0 Å². The molecule has 1 aromatic rings. The van der Waals surface area contributed by atoms with E-state index in [1.54, 1.807) is 0 Å². The zero-order valence-electron chi connectivity index (χ0n) is 8.84. The van der Waals surface area contributed by atoms with Crippen LogP contribution in [0.3, 0.4) is 0 Å². The molecule has 1 aromatic carbocycles. The van der Waals surface area contributed by atoms with Crippen LogP contribution in [0.5, 0.6) is 5.75 Å². The Hall–Kier alpha value is -2.22. The molecule has 1 atom stereocenters. The van der Waals surface area contributed by atoms with Crippen molar-refractivity contribution in [1.29, 1.82) is 0 Å². The lowest BCUT2D eigenvalue weighted by Crippen LogP contribution is -2.40. The number of benzene rings is 1. The number of carbonyl (C=O) groups is 1. The van der Waals surface area contributed by atoms with Crippen molar-refractivity contribution < 1.29 is 18.8 Å². The molecule has 1 rings (SSSR count). The van der Waals surface area contributed by atoms with Crippen molar-refractivity contribution in [3.8, 4) is 5.75 Å². The van der Waals surface area contributed by atoms with Crippen molar-refractivity contribution in [2.75, 3.05) is 0 Å². The van der Waals surface area contributed by atoms with Crippen molar-refractivity contribution in [3.05, 3.63) is 34.1 Å². The summed E-state index contributed by atoms with van der Waals surface area (Å²) in [6, 6.07) is 2.78. The molecular weight excluding hydrogens is 233 g/mol. The third-order valence-corrected chi connectivity index (χ3v) is 1.93. The Morgan fingerprint density at radius 3 is 2.82 bits per heavy atom. The van der Waals surface area contributed by atoms with Crippen molar-refractivity contribution in [3.63, 3.8) is 0 Å². The number of amides is 1. The minimum absolute atomic E-state index is 0.201. The Balaban J connectivity index is 2.98. The first-order valence-electron chi connectivity index (χ1n) is 4.56. The summed E-state index contributed by atoms with van der Waals surface area (Å²) in [5.74, 6) is 3.26. The third kappa shape index (κ3) is 3.11. The Kier molecular flexibility index (Phi) is 3.94. The van der Waals surface area contributed by atoms with Crippen LogP contribution in [0, 0.1) is 15.9 Å². The van der Waals surface area contributed by atoms with Gasteiger partial charge in [0.15, 0.2) is 11.9 Å². The Morgan fingerprint density at radius 1 is 1.65 bits per heavy atom. The number of nitrogens with two attached hydrogens (primary N) is 1. The number of nitro groups is 1. The van der Waals surface area contributed by atoms with Gasteiger partial charge < -0.3 is 4.74 Å². The molecule has 0 spiro atoms. The van der Waals surface area contributed by atoms with Crippen LogP contribution in [0.4, 0.5) is 10.1 Å². The lowest BCUT2D eigenvalue weighted by molar-refractivity contribution is -0.386. The predicted octanol–water partition coefficient (Wildman–Crippen LogP) is 0.491. The number of nitro benzene ring substituents is 1. The average Bonchev–Trinajstić information content (AvgIpc) is 2.29. The fourth-order valence-electron chi connectivity index (χ4n) is 1.09. The van der Waals surface area contributed by atoms with Gasteiger partial charge in [0.05, 0.1) is 11.0 Å². The molecule has 1 unspecified atom stereocenters. The van der Waals surface area contributed by atoms with E-state index in [1.165, 1.54) is 6.92 Å². The summed E-state index contributed by atoms with van der Waals surface area (Å²) >= 11 is 0. The summed E-state index contributed by atoms with van der Waals surface area (Å²) in [6.07, 6.45) is -1.02. The van der Waals surface area contributed by atoms with E-state index < -0.39 is 28.4 Å². The maximum atomic E-state index is 12.8. The fraction of sp³-hybridized carbons (Fsp3) is 0.222. The molecule has 8 heteroatoms. The van der Waals surface area contributed by atoms with Crippen LogP contribution in [0.2, 0.25) is 0 Å². The van der Waals surface area contributed by atoms with E-state index in [0.717, 1.165) is 12.1 Å². The van der Waals surface area contributed by atoms with Gasteiger partial charge in [0.1, 0.15) is 5.82 Å². The van der Waals surface area contributed by atoms with Gasteiger partial charge in [-0.25, -0.2) is 10.2 Å². The SMILES string of the molecule is CC(Oc1ccc(F)cc1[N+](=O)[O-])C(=O)NN. The zero-order valence-corrected chi connectivity index (χ0v) is 8.84. The quantitative estimate of drug-likeness (QED) is 0.346. The molecule has 0 aliphatic heterocycles. The standard InChI is InChI=1S/C9H10FN3O4/c1-5(9(14)12-11)17-8-3-2-6(10)4-7(8)13(15)16/h2-5H,11H2,1H3,(H,12,14). The summed E-state index contributed by atoms with van der Waals surface area (Å²) in [5.41, 5.74) is 1.28. The largest absolute Gasteiger partial charge is 0.474 e. The number of ether oxygens (including phenoxy) is 1. The summed E-state index contributed by atoms with van der Waals surface area (Å²) in [5, 5.41) is 10.6. The van der Waals surface area contributed by atoms with Crippen LogP contribution in [0.1, 0.15) is 6.92 Å². The number of halogens is 1. The van der Waals surface area contributed by atoms with Crippen molar-refractivity contribution >= 4 is 11.6 Å². The molecule has 0 aliphatic rings. The first-order chi connectivity index (χ1) is 7.95. The second-order valence-corrected chi connectivity index (χ2v) is 3.14. The lowest BCUT2D eigenvalue weighted by Gasteiger charge is -2.12. The smallest absolute Gasteiger partial charge is 0.313 e. The lowest BCUT2D eigenvalue weighted by atomic mass is 10.3. The number of carbonyl (C=O) groups excluding carboxylic acids is 1. The van der Waals surface area contributed by atoms with Crippen LogP contribution >= 0.6 is 0 Å². The predicted molar refractivity (Wildman–Crippen MR) is 55.5 cm³/mol.